The molecule has 3 aromatic rings. The summed E-state index contributed by atoms with van der Waals surface area (Å²) in [5.41, 5.74) is 0.207. The third-order valence-electron chi connectivity index (χ3n) is 5.94. The topological polar surface area (TPSA) is 89.8 Å². The van der Waals surface area contributed by atoms with E-state index >= 15 is 0 Å². The van der Waals surface area contributed by atoms with Crippen molar-refractivity contribution in [1.29, 1.82) is 0 Å². The van der Waals surface area contributed by atoms with Crippen LogP contribution in [0.15, 0.2) is 35.1 Å². The summed E-state index contributed by atoms with van der Waals surface area (Å²) in [6, 6.07) is 8.83. The van der Waals surface area contributed by atoms with Crippen molar-refractivity contribution in [2.75, 3.05) is 32.8 Å². The molecule has 32 heavy (non-hydrogen) atoms. The summed E-state index contributed by atoms with van der Waals surface area (Å²) in [7, 11) is 1.74. The second-order valence-corrected chi connectivity index (χ2v) is 9.03. The molecule has 4 heterocycles. The van der Waals surface area contributed by atoms with E-state index in [0.717, 1.165) is 30.9 Å². The van der Waals surface area contributed by atoms with Gasteiger partial charge in [-0.1, -0.05) is 29.5 Å². The smallest absolute Gasteiger partial charge is 0.410 e. The number of morpholine rings is 1. The van der Waals surface area contributed by atoms with Crippen LogP contribution in [0, 0.1) is 0 Å². The van der Waals surface area contributed by atoms with Gasteiger partial charge in [-0.3, -0.25) is 19.2 Å². The Morgan fingerprint density at radius 1 is 1.19 bits per heavy atom. The van der Waals surface area contributed by atoms with Crippen LogP contribution in [0.4, 0.5) is 4.79 Å². The summed E-state index contributed by atoms with van der Waals surface area (Å²) in [5.74, 6) is 1.22. The molecule has 2 fully saturated rings. The number of ether oxygens (including phenoxy) is 2. The van der Waals surface area contributed by atoms with Crippen LogP contribution in [-0.4, -0.2) is 63.3 Å². The van der Waals surface area contributed by atoms with Crippen molar-refractivity contribution in [1.82, 2.24) is 24.3 Å². The first-order chi connectivity index (χ1) is 15.6. The van der Waals surface area contributed by atoms with E-state index in [-0.39, 0.29) is 11.6 Å². The number of amides is 1. The normalized spacial score (nSPS) is 19.5. The number of nitrogens with zero attached hydrogens (tertiary/aromatic N) is 5. The Balaban J connectivity index is 1.40. The van der Waals surface area contributed by atoms with Gasteiger partial charge in [-0.05, 0) is 25.0 Å². The zero-order valence-electron chi connectivity index (χ0n) is 17.9. The van der Waals surface area contributed by atoms with Crippen LogP contribution in [0.5, 0.6) is 5.75 Å². The summed E-state index contributed by atoms with van der Waals surface area (Å²) in [6.07, 6.45) is 1.25. The Kier molecular flexibility index (Phi) is 5.90. The minimum atomic E-state index is -0.396. The van der Waals surface area contributed by atoms with Gasteiger partial charge in [-0.25, -0.2) is 14.8 Å². The molecule has 0 spiro atoms. The Bertz CT molecular complexity index is 1170. The second kappa shape index (κ2) is 8.97. The quantitative estimate of drug-likeness (QED) is 0.597. The summed E-state index contributed by atoms with van der Waals surface area (Å²) in [6.45, 7) is 4.22. The number of para-hydroxylation sites is 1. The molecule has 0 aliphatic carbocycles. The van der Waals surface area contributed by atoms with Crippen LogP contribution in [0.3, 0.4) is 0 Å². The highest BCUT2D eigenvalue weighted by atomic mass is 32.1. The molecule has 0 unspecified atom stereocenters. The lowest BCUT2D eigenvalue weighted by Crippen LogP contribution is -2.37. The van der Waals surface area contributed by atoms with Crippen LogP contribution in [0.25, 0.3) is 10.3 Å². The predicted molar refractivity (Wildman–Crippen MR) is 120 cm³/mol. The summed E-state index contributed by atoms with van der Waals surface area (Å²) < 4.78 is 12.5. The molecule has 2 aromatic heterocycles. The van der Waals surface area contributed by atoms with Gasteiger partial charge in [-0.15, -0.1) is 0 Å². The molecule has 1 amide bonds. The number of likely N-dealkylation sites (tertiary alicyclic amines) is 1. The molecule has 10 heteroatoms. The largest absolute Gasteiger partial charge is 0.415 e. The van der Waals surface area contributed by atoms with E-state index in [1.807, 2.05) is 18.2 Å². The zero-order valence-corrected chi connectivity index (χ0v) is 18.7. The fourth-order valence-corrected chi connectivity index (χ4v) is 5.24. The number of benzene rings is 1. The van der Waals surface area contributed by atoms with Crippen LogP contribution >= 0.6 is 11.3 Å². The molecule has 2 aliphatic rings. The molecular formula is C22H25N5O4S. The molecule has 1 aromatic carbocycles. The maximum absolute atomic E-state index is 13.0. The van der Waals surface area contributed by atoms with Crippen LogP contribution in [0.2, 0.25) is 0 Å². The molecule has 2 saturated heterocycles. The van der Waals surface area contributed by atoms with Gasteiger partial charge in [0, 0.05) is 26.7 Å². The van der Waals surface area contributed by atoms with E-state index in [4.69, 9.17) is 14.5 Å². The monoisotopic (exact) mass is 455 g/mol. The van der Waals surface area contributed by atoms with Crippen LogP contribution < -0.4 is 10.3 Å². The van der Waals surface area contributed by atoms with Crippen molar-refractivity contribution in [3.8, 4) is 5.75 Å². The third-order valence-corrected chi connectivity index (χ3v) is 6.99. The summed E-state index contributed by atoms with van der Waals surface area (Å²) >= 11 is 1.39. The third kappa shape index (κ3) is 4.13. The number of aromatic nitrogens is 3. The number of fused-ring (bicyclic) bond motifs is 1. The Morgan fingerprint density at radius 3 is 2.75 bits per heavy atom. The lowest BCUT2D eigenvalue weighted by Gasteiger charge is -2.26. The lowest BCUT2D eigenvalue weighted by atomic mass is 10.2. The van der Waals surface area contributed by atoms with Gasteiger partial charge < -0.3 is 9.47 Å². The fourth-order valence-electron chi connectivity index (χ4n) is 4.14. The van der Waals surface area contributed by atoms with Crippen LogP contribution in [0.1, 0.15) is 29.7 Å². The molecule has 0 N–H and O–H groups in total. The van der Waals surface area contributed by atoms with E-state index in [1.54, 1.807) is 28.6 Å². The zero-order chi connectivity index (χ0) is 22.1. The Labute approximate surface area is 189 Å². The van der Waals surface area contributed by atoms with Crippen molar-refractivity contribution in [2.45, 2.75) is 25.4 Å². The average molecular weight is 456 g/mol. The molecule has 0 saturated carbocycles. The Morgan fingerprint density at radius 2 is 1.97 bits per heavy atom. The highest BCUT2D eigenvalue weighted by molar-refractivity contribution is 7.18. The van der Waals surface area contributed by atoms with E-state index in [2.05, 4.69) is 9.88 Å². The van der Waals surface area contributed by atoms with Gasteiger partial charge >= 0.3 is 6.09 Å². The van der Waals surface area contributed by atoms with Gasteiger partial charge in [-0.2, -0.15) is 0 Å². The van der Waals surface area contributed by atoms with Gasteiger partial charge in [0.25, 0.3) is 5.56 Å². The molecule has 0 bridgehead atoms. The number of hydrogen-bond donors (Lipinski definition) is 0. The van der Waals surface area contributed by atoms with Gasteiger partial charge in [0.15, 0.2) is 10.3 Å². The maximum atomic E-state index is 13.0. The maximum Gasteiger partial charge on any atom is 0.415 e. The number of hydrogen-bond acceptors (Lipinski definition) is 8. The molecule has 9 nitrogen and oxygen atoms in total. The SMILES string of the molecule is Cn1c(CN2CCOCC2)nc2sc([C@H]3CCCN3C(=O)Oc3ccccc3)nc2c1=O. The first kappa shape index (κ1) is 21.0. The number of carbonyl (C=O) groups is 1. The number of thiazole rings is 1. The first-order valence-corrected chi connectivity index (χ1v) is 11.6. The predicted octanol–water partition coefficient (Wildman–Crippen LogP) is 2.56. The first-order valence-electron chi connectivity index (χ1n) is 10.8. The molecule has 1 atom stereocenters. The lowest BCUT2D eigenvalue weighted by molar-refractivity contribution is 0.0326. The standard InChI is InChI=1S/C22H25N5O4S/c1-25-17(14-26-10-12-30-13-11-26)23-20-18(21(25)28)24-19(32-20)16-8-5-9-27(16)22(29)31-15-6-3-2-4-7-15/h2-4,6-7,16H,5,8-14H2,1H3/t16-/m1/s1. The molecular weight excluding hydrogens is 430 g/mol. The highest BCUT2D eigenvalue weighted by Gasteiger charge is 2.34. The van der Waals surface area contributed by atoms with Crippen molar-refractivity contribution >= 4 is 27.8 Å². The van der Waals surface area contributed by atoms with E-state index in [0.29, 0.717) is 48.2 Å². The van der Waals surface area contributed by atoms with Crippen molar-refractivity contribution in [3.63, 3.8) is 0 Å². The number of carbonyl (C=O) groups excluding carboxylic acids is 1. The van der Waals surface area contributed by atoms with Gasteiger partial charge in [0.1, 0.15) is 16.6 Å². The highest BCUT2D eigenvalue weighted by Crippen LogP contribution is 2.36. The van der Waals surface area contributed by atoms with Crippen molar-refractivity contribution in [3.05, 3.63) is 51.5 Å². The molecule has 2 aliphatic heterocycles. The molecule has 168 valence electrons. The summed E-state index contributed by atoms with van der Waals surface area (Å²) in [5, 5.41) is 0.732. The molecule has 5 rings (SSSR count). The fraction of sp³-hybridized carbons (Fsp3) is 0.455. The average Bonchev–Trinajstić information content (AvgIpc) is 3.46. The second-order valence-electron chi connectivity index (χ2n) is 8.02. The molecule has 0 radical (unpaired) electrons. The van der Waals surface area contributed by atoms with Gasteiger partial charge in [0.05, 0.1) is 25.8 Å². The van der Waals surface area contributed by atoms with Crippen molar-refractivity contribution in [2.24, 2.45) is 7.05 Å². The number of rotatable bonds is 4. The van der Waals surface area contributed by atoms with E-state index in [1.165, 1.54) is 11.3 Å². The van der Waals surface area contributed by atoms with E-state index in [9.17, 15) is 9.59 Å². The minimum absolute atomic E-state index is 0.155. The van der Waals surface area contributed by atoms with E-state index < -0.39 is 6.09 Å². The summed E-state index contributed by atoms with van der Waals surface area (Å²) in [4.78, 5) is 39.7. The minimum Gasteiger partial charge on any atom is -0.410 e. The van der Waals surface area contributed by atoms with Crippen molar-refractivity contribution < 1.29 is 14.3 Å². The van der Waals surface area contributed by atoms with Crippen LogP contribution in [-0.2, 0) is 18.3 Å². The van der Waals surface area contributed by atoms with Gasteiger partial charge in [0.2, 0.25) is 0 Å². The Hall–Kier alpha value is -2.82.